The van der Waals surface area contributed by atoms with Gasteiger partial charge in [-0.15, -0.1) is 0 Å². The maximum Gasteiger partial charge on any atom is -0.0335 e. The van der Waals surface area contributed by atoms with Crippen molar-refractivity contribution in [1.82, 2.24) is 0 Å². The van der Waals surface area contributed by atoms with Gasteiger partial charge in [0.05, 0.1) is 0 Å². The lowest BCUT2D eigenvalue weighted by Gasteiger charge is -2.37. The maximum absolute atomic E-state index is 2.47. The van der Waals surface area contributed by atoms with Crippen LogP contribution >= 0.6 is 0 Å². The first kappa shape index (κ1) is 15.0. The van der Waals surface area contributed by atoms with Crippen LogP contribution in [0.5, 0.6) is 0 Å². The first-order valence-corrected chi connectivity index (χ1v) is 6.99. The van der Waals surface area contributed by atoms with E-state index in [2.05, 4.69) is 48.5 Å². The van der Waals surface area contributed by atoms with Crippen LogP contribution in [0.15, 0.2) is 0 Å². The molecule has 0 radical (unpaired) electrons. The largest absolute Gasteiger partial charge is 0.0651 e. The van der Waals surface area contributed by atoms with Crippen molar-refractivity contribution in [1.29, 1.82) is 0 Å². The molecule has 0 aromatic rings. The molecule has 0 heterocycles. The summed E-state index contributed by atoms with van der Waals surface area (Å²) in [7, 11) is 0. The fourth-order valence-electron chi connectivity index (χ4n) is 2.89. The van der Waals surface area contributed by atoms with Gasteiger partial charge in [0.1, 0.15) is 0 Å². The predicted octanol–water partition coefficient (Wildman–Crippen LogP) is 5.38. The minimum Gasteiger partial charge on any atom is -0.0651 e. The highest BCUT2D eigenvalue weighted by molar-refractivity contribution is 4.78. The van der Waals surface area contributed by atoms with Gasteiger partial charge in [-0.2, -0.15) is 0 Å². The molecule has 15 heavy (non-hydrogen) atoms. The van der Waals surface area contributed by atoms with Gasteiger partial charge < -0.3 is 0 Å². The third-order valence-electron chi connectivity index (χ3n) is 4.75. The number of hydrogen-bond acceptors (Lipinski definition) is 0. The zero-order valence-corrected chi connectivity index (χ0v) is 12.0. The Bertz CT molecular complexity index is 140. The van der Waals surface area contributed by atoms with Crippen LogP contribution in [0.4, 0.5) is 0 Å². The average Bonchev–Trinajstić information content (AvgIpc) is 2.27. The van der Waals surface area contributed by atoms with Crippen LogP contribution < -0.4 is 0 Å². The summed E-state index contributed by atoms with van der Waals surface area (Å²) in [5, 5.41) is 0. The molecule has 0 rings (SSSR count). The highest BCUT2D eigenvalue weighted by atomic mass is 14.3. The van der Waals surface area contributed by atoms with Crippen molar-refractivity contribution < 1.29 is 0 Å². The predicted molar refractivity (Wildman–Crippen MR) is 71.0 cm³/mol. The Morgan fingerprint density at radius 2 is 0.933 bits per heavy atom. The summed E-state index contributed by atoms with van der Waals surface area (Å²) < 4.78 is 0. The van der Waals surface area contributed by atoms with Gasteiger partial charge in [0.2, 0.25) is 0 Å². The zero-order valence-electron chi connectivity index (χ0n) is 12.0. The Balaban J connectivity index is 4.61. The minimum absolute atomic E-state index is 0.873. The zero-order chi connectivity index (χ0) is 12.0. The molecule has 0 aromatic heterocycles. The topological polar surface area (TPSA) is 0 Å². The minimum atomic E-state index is 0.873. The van der Waals surface area contributed by atoms with E-state index in [1.807, 2.05) is 0 Å². The molecular formula is C15H32. The maximum atomic E-state index is 2.47. The molecule has 0 amide bonds. The smallest absolute Gasteiger partial charge is 0.0335 e. The molecule has 4 atom stereocenters. The molecule has 0 aliphatic rings. The average molecular weight is 212 g/mol. The fourth-order valence-corrected chi connectivity index (χ4v) is 2.89. The van der Waals surface area contributed by atoms with Crippen LogP contribution in [0.2, 0.25) is 0 Å². The Hall–Kier alpha value is 0. The van der Waals surface area contributed by atoms with Crippen molar-refractivity contribution in [2.45, 2.75) is 67.7 Å². The molecule has 0 N–H and O–H groups in total. The van der Waals surface area contributed by atoms with E-state index in [9.17, 15) is 0 Å². The van der Waals surface area contributed by atoms with E-state index in [1.165, 1.54) is 19.3 Å². The molecule has 4 unspecified atom stereocenters. The summed E-state index contributed by atoms with van der Waals surface area (Å²) in [6.45, 7) is 16.8. The standard InChI is InChI=1S/C15H32/c1-8-11(4)14(7)15(12(5)9-2)13(6)10-3/h11-15H,8-10H2,1-7H3. The third kappa shape index (κ3) is 4.17. The highest BCUT2D eigenvalue weighted by Gasteiger charge is 2.29. The molecule has 0 spiro atoms. The Labute approximate surface area is 97.8 Å². The third-order valence-corrected chi connectivity index (χ3v) is 4.75. The molecule has 0 nitrogen and oxygen atoms in total. The molecule has 0 aliphatic heterocycles. The van der Waals surface area contributed by atoms with Gasteiger partial charge in [0.15, 0.2) is 0 Å². The molecule has 0 fully saturated rings. The van der Waals surface area contributed by atoms with Crippen molar-refractivity contribution in [3.63, 3.8) is 0 Å². The van der Waals surface area contributed by atoms with Gasteiger partial charge in [-0.3, -0.25) is 0 Å². The van der Waals surface area contributed by atoms with Gasteiger partial charge >= 0.3 is 0 Å². The summed E-state index contributed by atoms with van der Waals surface area (Å²) in [5.41, 5.74) is 0. The molecule has 0 saturated heterocycles. The second kappa shape index (κ2) is 7.30. The van der Waals surface area contributed by atoms with Gasteiger partial charge in [-0.1, -0.05) is 67.7 Å². The molecule has 0 aromatic carbocycles. The summed E-state index contributed by atoms with van der Waals surface area (Å²) in [5.74, 6) is 4.42. The van der Waals surface area contributed by atoms with Gasteiger partial charge in [0.25, 0.3) is 0 Å². The monoisotopic (exact) mass is 212 g/mol. The lowest BCUT2D eigenvalue weighted by Crippen LogP contribution is -2.29. The summed E-state index contributed by atoms with van der Waals surface area (Å²) in [6, 6.07) is 0. The van der Waals surface area contributed by atoms with Crippen LogP contribution in [0.3, 0.4) is 0 Å². The van der Waals surface area contributed by atoms with E-state index in [0.29, 0.717) is 0 Å². The molecular weight excluding hydrogens is 180 g/mol. The van der Waals surface area contributed by atoms with Crippen LogP contribution in [0.25, 0.3) is 0 Å². The molecule has 0 bridgehead atoms. The molecule has 0 heteroatoms. The van der Waals surface area contributed by atoms with E-state index in [-0.39, 0.29) is 0 Å². The van der Waals surface area contributed by atoms with Crippen LogP contribution in [-0.4, -0.2) is 0 Å². The molecule has 92 valence electrons. The van der Waals surface area contributed by atoms with Crippen LogP contribution in [0.1, 0.15) is 67.7 Å². The van der Waals surface area contributed by atoms with E-state index in [1.54, 1.807) is 0 Å². The first-order chi connectivity index (χ1) is 6.99. The van der Waals surface area contributed by atoms with E-state index in [0.717, 1.165) is 29.6 Å². The number of hydrogen-bond donors (Lipinski definition) is 0. The molecule has 0 saturated carbocycles. The Morgan fingerprint density at radius 3 is 1.20 bits per heavy atom. The summed E-state index contributed by atoms with van der Waals surface area (Å²) in [6.07, 6.45) is 3.98. The van der Waals surface area contributed by atoms with Crippen molar-refractivity contribution in [2.75, 3.05) is 0 Å². The van der Waals surface area contributed by atoms with Crippen molar-refractivity contribution in [2.24, 2.45) is 29.6 Å². The molecule has 0 aliphatic carbocycles. The lowest BCUT2D eigenvalue weighted by atomic mass is 9.69. The second-order valence-corrected chi connectivity index (χ2v) is 5.59. The normalized spacial score (nSPS) is 21.8. The van der Waals surface area contributed by atoms with Crippen molar-refractivity contribution in [3.8, 4) is 0 Å². The SMILES string of the molecule is CCC(C)C(C)C(C(C)CC)C(C)CC. The summed E-state index contributed by atoms with van der Waals surface area (Å²) >= 11 is 0. The Kier molecular flexibility index (Phi) is 7.30. The summed E-state index contributed by atoms with van der Waals surface area (Å²) in [4.78, 5) is 0. The number of rotatable bonds is 7. The highest BCUT2D eigenvalue weighted by Crippen LogP contribution is 2.37. The van der Waals surface area contributed by atoms with Crippen LogP contribution in [0, 0.1) is 29.6 Å². The second-order valence-electron chi connectivity index (χ2n) is 5.59. The van der Waals surface area contributed by atoms with Crippen molar-refractivity contribution in [3.05, 3.63) is 0 Å². The van der Waals surface area contributed by atoms with Gasteiger partial charge in [-0.05, 0) is 29.6 Å². The van der Waals surface area contributed by atoms with E-state index >= 15 is 0 Å². The van der Waals surface area contributed by atoms with Crippen molar-refractivity contribution >= 4 is 0 Å². The Morgan fingerprint density at radius 1 is 0.600 bits per heavy atom. The van der Waals surface area contributed by atoms with Gasteiger partial charge in [0, 0.05) is 0 Å². The quantitative estimate of drug-likeness (QED) is 0.531. The first-order valence-electron chi connectivity index (χ1n) is 6.99. The van der Waals surface area contributed by atoms with E-state index in [4.69, 9.17) is 0 Å². The van der Waals surface area contributed by atoms with E-state index < -0.39 is 0 Å². The van der Waals surface area contributed by atoms with Crippen LogP contribution in [-0.2, 0) is 0 Å². The fraction of sp³-hybridized carbons (Fsp3) is 1.00. The van der Waals surface area contributed by atoms with Gasteiger partial charge in [-0.25, -0.2) is 0 Å². The lowest BCUT2D eigenvalue weighted by molar-refractivity contribution is 0.125.